The van der Waals surface area contributed by atoms with Crippen molar-refractivity contribution in [3.63, 3.8) is 0 Å². The predicted octanol–water partition coefficient (Wildman–Crippen LogP) is 3.36. The van der Waals surface area contributed by atoms with Gasteiger partial charge in [-0.3, -0.25) is 4.79 Å². The largest absolute Gasteiger partial charge is 0.392 e. The van der Waals surface area contributed by atoms with E-state index < -0.39 is 18.2 Å². The van der Waals surface area contributed by atoms with Gasteiger partial charge in [-0.05, 0) is 52.4 Å². The van der Waals surface area contributed by atoms with Crippen LogP contribution < -0.4 is 0 Å². The minimum absolute atomic E-state index is 0.0152. The molecule has 1 atom stereocenters. The topological polar surface area (TPSA) is 40.5 Å². The molecule has 1 N–H and O–H groups in total. The van der Waals surface area contributed by atoms with Gasteiger partial charge in [0.15, 0.2) is 0 Å². The molecule has 0 spiro atoms. The lowest BCUT2D eigenvalue weighted by Crippen LogP contribution is -2.42. The molecular weight excluding hydrogens is 283 g/mol. The Labute approximate surface area is 124 Å². The quantitative estimate of drug-likeness (QED) is 0.846. The smallest absolute Gasteiger partial charge is 0.391 e. The second-order valence-electron chi connectivity index (χ2n) is 6.45. The first kappa shape index (κ1) is 18.3. The zero-order chi connectivity index (χ0) is 16.2. The minimum atomic E-state index is -4.11. The number of carbonyl (C=O) groups excluding carboxylic acids is 1. The number of aliphatic hydroxyl groups excluding tert-OH is 1. The summed E-state index contributed by atoms with van der Waals surface area (Å²) in [4.78, 5) is 13.9. The van der Waals surface area contributed by atoms with Crippen LogP contribution in [0.3, 0.4) is 0 Å². The fourth-order valence-corrected chi connectivity index (χ4v) is 2.94. The monoisotopic (exact) mass is 309 g/mol. The van der Waals surface area contributed by atoms with Gasteiger partial charge in [-0.15, -0.1) is 0 Å². The van der Waals surface area contributed by atoms with Crippen LogP contribution >= 0.6 is 0 Å². The highest BCUT2D eigenvalue weighted by Gasteiger charge is 2.41. The van der Waals surface area contributed by atoms with Gasteiger partial charge in [0.2, 0.25) is 5.91 Å². The Kier molecular flexibility index (Phi) is 6.50. The fourth-order valence-electron chi connectivity index (χ4n) is 2.94. The summed E-state index contributed by atoms with van der Waals surface area (Å²) in [6, 6.07) is -0.0152. The standard InChI is InChI=1S/C15H26F3NO2/c1-10(2)19(9-11(3)20)14(21)8-12-4-6-13(7-5-12)15(16,17)18/h10-13,20H,4-9H2,1-3H3. The summed E-state index contributed by atoms with van der Waals surface area (Å²) in [7, 11) is 0. The molecule has 1 amide bonds. The van der Waals surface area contributed by atoms with Crippen molar-refractivity contribution < 1.29 is 23.1 Å². The molecule has 1 aliphatic rings. The van der Waals surface area contributed by atoms with Crippen LogP contribution in [0.15, 0.2) is 0 Å². The summed E-state index contributed by atoms with van der Waals surface area (Å²) in [5.74, 6) is -1.24. The molecule has 1 unspecified atom stereocenters. The molecule has 0 aliphatic heterocycles. The number of nitrogens with zero attached hydrogens (tertiary/aromatic N) is 1. The van der Waals surface area contributed by atoms with E-state index in [9.17, 15) is 23.1 Å². The number of halogens is 3. The van der Waals surface area contributed by atoms with E-state index in [-0.39, 0.29) is 43.7 Å². The highest BCUT2D eigenvalue weighted by Crippen LogP contribution is 2.40. The van der Waals surface area contributed by atoms with Crippen molar-refractivity contribution in [1.29, 1.82) is 0 Å². The lowest BCUT2D eigenvalue weighted by atomic mass is 9.80. The van der Waals surface area contributed by atoms with Crippen LogP contribution in [0.4, 0.5) is 13.2 Å². The summed E-state index contributed by atoms with van der Waals surface area (Å²) in [5, 5.41) is 9.43. The fraction of sp³-hybridized carbons (Fsp3) is 0.933. The van der Waals surface area contributed by atoms with Crippen LogP contribution in [0.1, 0.15) is 52.9 Å². The molecule has 6 heteroatoms. The third-order valence-electron chi connectivity index (χ3n) is 4.18. The molecule has 0 radical (unpaired) electrons. The lowest BCUT2D eigenvalue weighted by Gasteiger charge is -2.33. The van der Waals surface area contributed by atoms with Gasteiger partial charge in [0.25, 0.3) is 0 Å². The molecule has 124 valence electrons. The molecule has 1 saturated carbocycles. The van der Waals surface area contributed by atoms with E-state index >= 15 is 0 Å². The van der Waals surface area contributed by atoms with Crippen molar-refractivity contribution in [2.75, 3.05) is 6.54 Å². The van der Waals surface area contributed by atoms with Gasteiger partial charge in [-0.1, -0.05) is 0 Å². The zero-order valence-electron chi connectivity index (χ0n) is 13.0. The van der Waals surface area contributed by atoms with E-state index in [1.54, 1.807) is 11.8 Å². The summed E-state index contributed by atoms with van der Waals surface area (Å²) in [6.07, 6.45) is -3.26. The molecule has 0 bridgehead atoms. The molecule has 1 aliphatic carbocycles. The number of hydrogen-bond donors (Lipinski definition) is 1. The highest BCUT2D eigenvalue weighted by molar-refractivity contribution is 5.76. The van der Waals surface area contributed by atoms with Crippen molar-refractivity contribution in [3.05, 3.63) is 0 Å². The number of aliphatic hydroxyl groups is 1. The van der Waals surface area contributed by atoms with E-state index in [0.29, 0.717) is 12.8 Å². The van der Waals surface area contributed by atoms with Crippen molar-refractivity contribution in [1.82, 2.24) is 4.90 Å². The molecular formula is C15H26F3NO2. The third-order valence-corrected chi connectivity index (χ3v) is 4.18. The normalized spacial score (nSPS) is 25.0. The maximum atomic E-state index is 12.6. The molecule has 0 aromatic carbocycles. The van der Waals surface area contributed by atoms with Gasteiger partial charge >= 0.3 is 6.18 Å². The molecule has 1 fully saturated rings. The minimum Gasteiger partial charge on any atom is -0.392 e. The summed E-state index contributed by atoms with van der Waals surface area (Å²) in [6.45, 7) is 5.65. The van der Waals surface area contributed by atoms with Crippen LogP contribution in [-0.2, 0) is 4.79 Å². The predicted molar refractivity (Wildman–Crippen MR) is 74.6 cm³/mol. The van der Waals surface area contributed by atoms with Crippen molar-refractivity contribution in [3.8, 4) is 0 Å². The number of hydrogen-bond acceptors (Lipinski definition) is 2. The number of carbonyl (C=O) groups is 1. The Morgan fingerprint density at radius 1 is 1.19 bits per heavy atom. The van der Waals surface area contributed by atoms with Gasteiger partial charge in [0.05, 0.1) is 12.0 Å². The number of alkyl halides is 3. The van der Waals surface area contributed by atoms with E-state index in [1.807, 2.05) is 13.8 Å². The van der Waals surface area contributed by atoms with E-state index in [4.69, 9.17) is 0 Å². The van der Waals surface area contributed by atoms with Crippen LogP contribution in [0, 0.1) is 11.8 Å². The zero-order valence-corrected chi connectivity index (χ0v) is 13.0. The average Bonchev–Trinajstić information content (AvgIpc) is 2.34. The van der Waals surface area contributed by atoms with E-state index in [1.165, 1.54) is 0 Å². The van der Waals surface area contributed by atoms with Gasteiger partial charge in [0, 0.05) is 19.0 Å². The molecule has 21 heavy (non-hydrogen) atoms. The SMILES string of the molecule is CC(O)CN(C(=O)CC1CCC(C(F)(F)F)CC1)C(C)C. The maximum absolute atomic E-state index is 12.6. The second-order valence-corrected chi connectivity index (χ2v) is 6.45. The first-order valence-corrected chi connectivity index (χ1v) is 7.65. The molecule has 0 saturated heterocycles. The number of rotatable bonds is 5. The van der Waals surface area contributed by atoms with E-state index in [2.05, 4.69) is 0 Å². The molecule has 1 rings (SSSR count). The Balaban J connectivity index is 2.48. The first-order valence-electron chi connectivity index (χ1n) is 7.65. The Morgan fingerprint density at radius 2 is 1.71 bits per heavy atom. The van der Waals surface area contributed by atoms with Gasteiger partial charge in [0.1, 0.15) is 0 Å². The maximum Gasteiger partial charge on any atom is 0.391 e. The Bertz CT molecular complexity index is 334. The number of amides is 1. The summed E-state index contributed by atoms with van der Waals surface area (Å²) >= 11 is 0. The lowest BCUT2D eigenvalue weighted by molar-refractivity contribution is -0.184. The first-order chi connectivity index (χ1) is 9.61. The summed E-state index contributed by atoms with van der Waals surface area (Å²) in [5.41, 5.74) is 0. The molecule has 0 aromatic heterocycles. The Morgan fingerprint density at radius 3 is 2.10 bits per heavy atom. The van der Waals surface area contributed by atoms with E-state index in [0.717, 1.165) is 0 Å². The van der Waals surface area contributed by atoms with Crippen molar-refractivity contribution >= 4 is 5.91 Å². The van der Waals surface area contributed by atoms with Crippen LogP contribution in [-0.4, -0.2) is 40.8 Å². The van der Waals surface area contributed by atoms with Crippen LogP contribution in [0.25, 0.3) is 0 Å². The van der Waals surface area contributed by atoms with Gasteiger partial charge in [-0.2, -0.15) is 13.2 Å². The molecule has 0 aromatic rings. The van der Waals surface area contributed by atoms with Gasteiger partial charge in [-0.25, -0.2) is 0 Å². The average molecular weight is 309 g/mol. The van der Waals surface area contributed by atoms with Crippen LogP contribution in [0.5, 0.6) is 0 Å². The molecule has 0 heterocycles. The Hall–Kier alpha value is -0.780. The summed E-state index contributed by atoms with van der Waals surface area (Å²) < 4.78 is 37.8. The van der Waals surface area contributed by atoms with Crippen molar-refractivity contribution in [2.45, 2.75) is 71.2 Å². The molecule has 3 nitrogen and oxygen atoms in total. The van der Waals surface area contributed by atoms with Crippen LogP contribution in [0.2, 0.25) is 0 Å². The van der Waals surface area contributed by atoms with Gasteiger partial charge < -0.3 is 10.0 Å². The second kappa shape index (κ2) is 7.47. The highest BCUT2D eigenvalue weighted by atomic mass is 19.4. The third kappa shape index (κ3) is 5.85. The van der Waals surface area contributed by atoms with Crippen molar-refractivity contribution in [2.24, 2.45) is 11.8 Å².